The number of rotatable bonds is 5. The summed E-state index contributed by atoms with van der Waals surface area (Å²) in [5, 5.41) is 0. The molecule has 0 saturated heterocycles. The lowest BCUT2D eigenvalue weighted by Gasteiger charge is -2.10. The minimum absolute atomic E-state index is 0.0765. The molecule has 0 aliphatic rings. The van der Waals surface area contributed by atoms with Gasteiger partial charge in [-0.2, -0.15) is 0 Å². The van der Waals surface area contributed by atoms with Gasteiger partial charge in [0.2, 0.25) is 0 Å². The molecule has 0 saturated carbocycles. The van der Waals surface area contributed by atoms with Crippen LogP contribution < -0.4 is 0 Å². The van der Waals surface area contributed by atoms with Crippen LogP contribution in [-0.4, -0.2) is 5.78 Å². The molecule has 0 N–H and O–H groups in total. The molecule has 2 aromatic rings. The van der Waals surface area contributed by atoms with Gasteiger partial charge in [0.15, 0.2) is 5.78 Å². The van der Waals surface area contributed by atoms with E-state index in [0.717, 1.165) is 18.4 Å². The van der Waals surface area contributed by atoms with Crippen LogP contribution >= 0.6 is 0 Å². The minimum atomic E-state index is 0.0765. The van der Waals surface area contributed by atoms with Crippen LogP contribution in [0.25, 0.3) is 0 Å². The van der Waals surface area contributed by atoms with Gasteiger partial charge in [0.05, 0.1) is 0 Å². The summed E-state index contributed by atoms with van der Waals surface area (Å²) in [7, 11) is 0. The van der Waals surface area contributed by atoms with Crippen LogP contribution in [-0.2, 0) is 6.42 Å². The number of hydrogen-bond acceptors (Lipinski definition) is 1. The van der Waals surface area contributed by atoms with Crippen molar-refractivity contribution in [1.82, 2.24) is 0 Å². The number of aryl methyl sites for hydroxylation is 1. The van der Waals surface area contributed by atoms with E-state index >= 15 is 0 Å². The average Bonchev–Trinajstić information content (AvgIpc) is 2.46. The third-order valence-electron chi connectivity index (χ3n) is 3.21. The van der Waals surface area contributed by atoms with Crippen LogP contribution in [0.4, 0.5) is 0 Å². The maximum absolute atomic E-state index is 12.2. The summed E-state index contributed by atoms with van der Waals surface area (Å²) in [6, 6.07) is 19.9. The highest BCUT2D eigenvalue weighted by atomic mass is 16.1. The number of benzene rings is 2. The van der Waals surface area contributed by atoms with Crippen molar-refractivity contribution in [2.75, 3.05) is 0 Å². The van der Waals surface area contributed by atoms with Gasteiger partial charge in [-0.25, -0.2) is 0 Å². The molecule has 0 heterocycles. The SMILES string of the molecule is CC(CCc1ccccc1)C(=O)c1ccccc1. The zero-order valence-electron chi connectivity index (χ0n) is 10.7. The van der Waals surface area contributed by atoms with Gasteiger partial charge in [-0.15, -0.1) is 0 Å². The van der Waals surface area contributed by atoms with Gasteiger partial charge in [0, 0.05) is 11.5 Å². The molecule has 0 aliphatic carbocycles. The first-order chi connectivity index (χ1) is 8.77. The largest absolute Gasteiger partial charge is 0.294 e. The van der Waals surface area contributed by atoms with E-state index < -0.39 is 0 Å². The first kappa shape index (κ1) is 12.6. The predicted octanol–water partition coefficient (Wildman–Crippen LogP) is 4.14. The van der Waals surface area contributed by atoms with E-state index in [0.29, 0.717) is 0 Å². The molecule has 0 aliphatic heterocycles. The lowest BCUT2D eigenvalue weighted by molar-refractivity contribution is 0.0924. The van der Waals surface area contributed by atoms with Gasteiger partial charge in [-0.1, -0.05) is 67.6 Å². The van der Waals surface area contributed by atoms with Crippen LogP contribution in [0.5, 0.6) is 0 Å². The summed E-state index contributed by atoms with van der Waals surface area (Å²) in [6.07, 6.45) is 1.86. The Morgan fingerprint density at radius 3 is 2.11 bits per heavy atom. The number of hydrogen-bond donors (Lipinski definition) is 0. The van der Waals surface area contributed by atoms with Gasteiger partial charge < -0.3 is 0 Å². The Morgan fingerprint density at radius 2 is 1.50 bits per heavy atom. The summed E-state index contributed by atoms with van der Waals surface area (Å²) in [5.74, 6) is 0.319. The monoisotopic (exact) mass is 238 g/mol. The summed E-state index contributed by atoms with van der Waals surface area (Å²) in [4.78, 5) is 12.2. The van der Waals surface area contributed by atoms with Gasteiger partial charge in [0.25, 0.3) is 0 Å². The van der Waals surface area contributed by atoms with Crippen molar-refractivity contribution in [2.24, 2.45) is 5.92 Å². The van der Waals surface area contributed by atoms with Crippen LogP contribution in [0.1, 0.15) is 29.3 Å². The molecular weight excluding hydrogens is 220 g/mol. The van der Waals surface area contributed by atoms with Crippen LogP contribution in [0.2, 0.25) is 0 Å². The van der Waals surface area contributed by atoms with Crippen molar-refractivity contribution in [3.05, 3.63) is 71.8 Å². The quantitative estimate of drug-likeness (QED) is 0.715. The molecule has 0 spiro atoms. The topological polar surface area (TPSA) is 17.1 Å². The van der Waals surface area contributed by atoms with E-state index in [-0.39, 0.29) is 11.7 Å². The fraction of sp³-hybridized carbons (Fsp3) is 0.235. The van der Waals surface area contributed by atoms with Gasteiger partial charge in [-0.05, 0) is 18.4 Å². The zero-order chi connectivity index (χ0) is 12.8. The molecule has 0 radical (unpaired) electrons. The van der Waals surface area contributed by atoms with Gasteiger partial charge in [-0.3, -0.25) is 4.79 Å². The zero-order valence-corrected chi connectivity index (χ0v) is 10.7. The highest BCUT2D eigenvalue weighted by molar-refractivity contribution is 5.97. The van der Waals surface area contributed by atoms with Crippen molar-refractivity contribution < 1.29 is 4.79 Å². The maximum atomic E-state index is 12.2. The first-order valence-electron chi connectivity index (χ1n) is 6.40. The summed E-state index contributed by atoms with van der Waals surface area (Å²) in [6.45, 7) is 2.01. The lowest BCUT2D eigenvalue weighted by Crippen LogP contribution is -2.12. The van der Waals surface area contributed by atoms with Crippen LogP contribution in [0, 0.1) is 5.92 Å². The van der Waals surface area contributed by atoms with E-state index in [9.17, 15) is 4.79 Å². The summed E-state index contributed by atoms with van der Waals surface area (Å²) >= 11 is 0. The molecule has 0 aromatic heterocycles. The molecule has 0 bridgehead atoms. The highest BCUT2D eigenvalue weighted by Crippen LogP contribution is 2.15. The smallest absolute Gasteiger partial charge is 0.165 e. The van der Waals surface area contributed by atoms with Crippen molar-refractivity contribution in [3.63, 3.8) is 0 Å². The van der Waals surface area contributed by atoms with E-state index in [4.69, 9.17) is 0 Å². The van der Waals surface area contributed by atoms with Gasteiger partial charge in [0.1, 0.15) is 0 Å². The molecule has 2 rings (SSSR count). The number of carbonyl (C=O) groups is 1. The molecule has 1 heteroatoms. The van der Waals surface area contributed by atoms with Crippen molar-refractivity contribution >= 4 is 5.78 Å². The third-order valence-corrected chi connectivity index (χ3v) is 3.21. The Hall–Kier alpha value is -1.89. The Labute approximate surface area is 108 Å². The third kappa shape index (κ3) is 3.30. The Bertz CT molecular complexity index is 488. The number of Topliss-reactive ketones (excluding diaryl/α,β-unsaturated/α-hetero) is 1. The molecule has 1 unspecified atom stereocenters. The maximum Gasteiger partial charge on any atom is 0.165 e. The van der Waals surface area contributed by atoms with Crippen LogP contribution in [0.15, 0.2) is 60.7 Å². The Morgan fingerprint density at radius 1 is 0.944 bits per heavy atom. The second-order valence-corrected chi connectivity index (χ2v) is 4.66. The van der Waals surface area contributed by atoms with Gasteiger partial charge >= 0.3 is 0 Å². The molecule has 18 heavy (non-hydrogen) atoms. The molecule has 1 nitrogen and oxygen atoms in total. The van der Waals surface area contributed by atoms with Crippen LogP contribution in [0.3, 0.4) is 0 Å². The van der Waals surface area contributed by atoms with Crippen molar-refractivity contribution in [1.29, 1.82) is 0 Å². The average molecular weight is 238 g/mol. The second-order valence-electron chi connectivity index (χ2n) is 4.66. The fourth-order valence-electron chi connectivity index (χ4n) is 2.05. The first-order valence-corrected chi connectivity index (χ1v) is 6.40. The molecule has 0 amide bonds. The Kier molecular flexibility index (Phi) is 4.30. The molecule has 2 aromatic carbocycles. The number of carbonyl (C=O) groups excluding carboxylic acids is 1. The molecular formula is C17H18O. The highest BCUT2D eigenvalue weighted by Gasteiger charge is 2.14. The standard InChI is InChI=1S/C17H18O/c1-14(12-13-15-8-4-2-5-9-15)17(18)16-10-6-3-7-11-16/h2-11,14H,12-13H2,1H3. The second kappa shape index (κ2) is 6.15. The molecule has 0 fully saturated rings. The minimum Gasteiger partial charge on any atom is -0.294 e. The predicted molar refractivity (Wildman–Crippen MR) is 74.7 cm³/mol. The van der Waals surface area contributed by atoms with E-state index in [1.165, 1.54) is 5.56 Å². The van der Waals surface area contributed by atoms with E-state index in [1.807, 2.05) is 55.5 Å². The van der Waals surface area contributed by atoms with Crippen molar-refractivity contribution in [3.8, 4) is 0 Å². The van der Waals surface area contributed by atoms with E-state index in [1.54, 1.807) is 0 Å². The Balaban J connectivity index is 1.93. The van der Waals surface area contributed by atoms with E-state index in [2.05, 4.69) is 12.1 Å². The van der Waals surface area contributed by atoms with Crippen molar-refractivity contribution in [2.45, 2.75) is 19.8 Å². The molecule has 92 valence electrons. The summed E-state index contributed by atoms with van der Waals surface area (Å²) in [5.41, 5.74) is 2.11. The summed E-state index contributed by atoms with van der Waals surface area (Å²) < 4.78 is 0. The molecule has 1 atom stereocenters. The fourth-order valence-corrected chi connectivity index (χ4v) is 2.05. The number of ketones is 1. The lowest BCUT2D eigenvalue weighted by atomic mass is 9.93. The normalized spacial score (nSPS) is 12.1.